The number of benzene rings is 1. The van der Waals surface area contributed by atoms with Gasteiger partial charge in [0.05, 0.1) is 14.2 Å². The number of halogens is 1. The Bertz CT molecular complexity index is 615. The van der Waals surface area contributed by atoms with Gasteiger partial charge in [-0.2, -0.15) is 0 Å². The Morgan fingerprint density at radius 2 is 1.75 bits per heavy atom. The monoisotopic (exact) mass is 338 g/mol. The summed E-state index contributed by atoms with van der Waals surface area (Å²) >= 11 is 3.34. The fraction of sp³-hybridized carbons (Fsp3) is 0.214. The number of nitrogens with one attached hydrogen (secondary N) is 1. The van der Waals surface area contributed by atoms with Gasteiger partial charge in [-0.25, -0.2) is 0 Å². The van der Waals surface area contributed by atoms with Gasteiger partial charge in [0.15, 0.2) is 0 Å². The van der Waals surface area contributed by atoms with Crippen LogP contribution in [0.2, 0.25) is 0 Å². The highest BCUT2D eigenvalue weighted by atomic mass is 79.9. The Hall–Kier alpha value is -1.95. The third-order valence-electron chi connectivity index (χ3n) is 2.81. The number of carbonyl (C=O) groups excluding carboxylic acids is 1. The molecule has 0 aliphatic carbocycles. The first-order valence-electron chi connectivity index (χ1n) is 5.89. The zero-order valence-electron chi connectivity index (χ0n) is 11.4. The standard InChI is InChI=1S/C14H15BrN2O3/c1-17-8-9(15)4-13(17)14(18)16-10-5-11(19-2)7-12(6-10)20-3/h4-8H,1-3H3,(H,16,18). The van der Waals surface area contributed by atoms with E-state index in [1.165, 1.54) is 0 Å². The second-order valence-electron chi connectivity index (χ2n) is 4.21. The SMILES string of the molecule is COc1cc(NC(=O)c2cc(Br)cn2C)cc(OC)c1. The second-order valence-corrected chi connectivity index (χ2v) is 5.13. The summed E-state index contributed by atoms with van der Waals surface area (Å²) in [5.74, 6) is 1.04. The maximum absolute atomic E-state index is 12.2. The van der Waals surface area contributed by atoms with Crippen molar-refractivity contribution in [3.8, 4) is 11.5 Å². The molecule has 1 N–H and O–H groups in total. The molecule has 106 valence electrons. The van der Waals surface area contributed by atoms with E-state index in [2.05, 4.69) is 21.2 Å². The van der Waals surface area contributed by atoms with E-state index in [0.29, 0.717) is 22.9 Å². The minimum atomic E-state index is -0.200. The van der Waals surface area contributed by atoms with Crippen LogP contribution in [-0.2, 0) is 7.05 Å². The van der Waals surface area contributed by atoms with Crippen LogP contribution in [0.5, 0.6) is 11.5 Å². The summed E-state index contributed by atoms with van der Waals surface area (Å²) in [6.45, 7) is 0. The van der Waals surface area contributed by atoms with E-state index < -0.39 is 0 Å². The molecule has 1 amide bonds. The molecular formula is C14H15BrN2O3. The Morgan fingerprint density at radius 3 is 2.20 bits per heavy atom. The van der Waals surface area contributed by atoms with Crippen molar-refractivity contribution < 1.29 is 14.3 Å². The third-order valence-corrected chi connectivity index (χ3v) is 3.25. The fourth-order valence-corrected chi connectivity index (χ4v) is 2.35. The average Bonchev–Trinajstić information content (AvgIpc) is 2.77. The largest absolute Gasteiger partial charge is 0.497 e. The van der Waals surface area contributed by atoms with Crippen molar-refractivity contribution in [3.63, 3.8) is 0 Å². The van der Waals surface area contributed by atoms with E-state index in [-0.39, 0.29) is 5.91 Å². The number of hydrogen-bond donors (Lipinski definition) is 1. The number of rotatable bonds is 4. The Morgan fingerprint density at radius 1 is 1.15 bits per heavy atom. The predicted molar refractivity (Wildman–Crippen MR) is 80.6 cm³/mol. The molecule has 6 heteroatoms. The molecule has 0 spiro atoms. The lowest BCUT2D eigenvalue weighted by Gasteiger charge is -2.10. The number of ether oxygens (including phenoxy) is 2. The minimum Gasteiger partial charge on any atom is -0.497 e. The van der Waals surface area contributed by atoms with Gasteiger partial charge in [0.1, 0.15) is 17.2 Å². The molecule has 0 saturated carbocycles. The van der Waals surface area contributed by atoms with Crippen LogP contribution in [0.3, 0.4) is 0 Å². The zero-order chi connectivity index (χ0) is 14.7. The highest BCUT2D eigenvalue weighted by molar-refractivity contribution is 9.10. The fourth-order valence-electron chi connectivity index (χ4n) is 1.82. The molecule has 0 radical (unpaired) electrons. The van der Waals surface area contributed by atoms with Crippen LogP contribution in [-0.4, -0.2) is 24.7 Å². The molecule has 0 saturated heterocycles. The van der Waals surface area contributed by atoms with Gasteiger partial charge in [0.2, 0.25) is 0 Å². The molecule has 1 aromatic heterocycles. The average molecular weight is 339 g/mol. The number of carbonyl (C=O) groups is 1. The van der Waals surface area contributed by atoms with Crippen LogP contribution in [0.4, 0.5) is 5.69 Å². The van der Waals surface area contributed by atoms with Gasteiger partial charge >= 0.3 is 0 Å². The Balaban J connectivity index is 2.25. The number of nitrogens with zero attached hydrogens (tertiary/aromatic N) is 1. The normalized spacial score (nSPS) is 10.2. The van der Waals surface area contributed by atoms with Gasteiger partial charge in [-0.15, -0.1) is 0 Å². The van der Waals surface area contributed by atoms with E-state index in [4.69, 9.17) is 9.47 Å². The first kappa shape index (κ1) is 14.5. The molecule has 0 fully saturated rings. The zero-order valence-corrected chi connectivity index (χ0v) is 13.0. The Kier molecular flexibility index (Phi) is 4.34. The van der Waals surface area contributed by atoms with Crippen molar-refractivity contribution in [1.29, 1.82) is 0 Å². The summed E-state index contributed by atoms with van der Waals surface area (Å²) < 4.78 is 12.9. The van der Waals surface area contributed by atoms with Gasteiger partial charge < -0.3 is 19.4 Å². The summed E-state index contributed by atoms with van der Waals surface area (Å²) in [5, 5.41) is 2.82. The number of anilines is 1. The number of hydrogen-bond acceptors (Lipinski definition) is 3. The summed E-state index contributed by atoms with van der Waals surface area (Å²) in [6, 6.07) is 6.97. The molecule has 0 unspecified atom stereocenters. The van der Waals surface area contributed by atoms with E-state index >= 15 is 0 Å². The van der Waals surface area contributed by atoms with Gasteiger partial charge in [0, 0.05) is 41.6 Å². The molecule has 0 bridgehead atoms. The molecule has 20 heavy (non-hydrogen) atoms. The summed E-state index contributed by atoms with van der Waals surface area (Å²) in [6.07, 6.45) is 1.82. The van der Waals surface area contributed by atoms with Crippen molar-refractivity contribution in [2.24, 2.45) is 7.05 Å². The van der Waals surface area contributed by atoms with Crippen molar-refractivity contribution in [2.75, 3.05) is 19.5 Å². The summed E-state index contributed by atoms with van der Waals surface area (Å²) in [7, 11) is 4.94. The molecule has 2 rings (SSSR count). The minimum absolute atomic E-state index is 0.200. The van der Waals surface area contributed by atoms with Gasteiger partial charge in [-0.3, -0.25) is 4.79 Å². The molecule has 0 atom stereocenters. The highest BCUT2D eigenvalue weighted by Gasteiger charge is 2.12. The van der Waals surface area contributed by atoms with Crippen LogP contribution in [0.25, 0.3) is 0 Å². The first-order chi connectivity index (χ1) is 9.53. The van der Waals surface area contributed by atoms with Crippen LogP contribution in [0, 0.1) is 0 Å². The molecule has 5 nitrogen and oxygen atoms in total. The van der Waals surface area contributed by atoms with Crippen LogP contribution >= 0.6 is 15.9 Å². The number of aromatic nitrogens is 1. The lowest BCUT2D eigenvalue weighted by molar-refractivity contribution is 0.101. The Labute approximate surface area is 125 Å². The second kappa shape index (κ2) is 6.00. The number of amides is 1. The first-order valence-corrected chi connectivity index (χ1v) is 6.69. The highest BCUT2D eigenvalue weighted by Crippen LogP contribution is 2.26. The van der Waals surface area contributed by atoms with Gasteiger partial charge in [-0.1, -0.05) is 0 Å². The summed E-state index contributed by atoms with van der Waals surface area (Å²) in [4.78, 5) is 12.2. The lowest BCUT2D eigenvalue weighted by Crippen LogP contribution is -2.15. The maximum Gasteiger partial charge on any atom is 0.272 e. The maximum atomic E-state index is 12.2. The van der Waals surface area contributed by atoms with Crippen molar-refractivity contribution in [3.05, 3.63) is 40.6 Å². The van der Waals surface area contributed by atoms with Crippen LogP contribution in [0.1, 0.15) is 10.5 Å². The molecule has 1 aromatic carbocycles. The molecular weight excluding hydrogens is 324 g/mol. The van der Waals surface area contributed by atoms with Gasteiger partial charge in [0.25, 0.3) is 5.91 Å². The van der Waals surface area contributed by atoms with Crippen molar-refractivity contribution in [1.82, 2.24) is 4.57 Å². The lowest BCUT2D eigenvalue weighted by atomic mass is 10.2. The van der Waals surface area contributed by atoms with Crippen LogP contribution < -0.4 is 14.8 Å². The number of methoxy groups -OCH3 is 2. The number of aryl methyl sites for hydroxylation is 1. The third kappa shape index (κ3) is 3.14. The molecule has 0 aliphatic rings. The van der Waals surface area contributed by atoms with E-state index in [1.807, 2.05) is 13.2 Å². The van der Waals surface area contributed by atoms with E-state index in [0.717, 1.165) is 4.47 Å². The van der Waals surface area contributed by atoms with Crippen molar-refractivity contribution >= 4 is 27.5 Å². The predicted octanol–water partition coefficient (Wildman–Crippen LogP) is 3.06. The van der Waals surface area contributed by atoms with Gasteiger partial charge in [-0.05, 0) is 22.0 Å². The molecule has 2 aromatic rings. The molecule has 1 heterocycles. The van der Waals surface area contributed by atoms with Crippen LogP contribution in [0.15, 0.2) is 34.9 Å². The van der Waals surface area contributed by atoms with E-state index in [9.17, 15) is 4.79 Å². The topological polar surface area (TPSA) is 52.5 Å². The summed E-state index contributed by atoms with van der Waals surface area (Å²) in [5.41, 5.74) is 1.17. The smallest absolute Gasteiger partial charge is 0.272 e. The van der Waals surface area contributed by atoms with Crippen molar-refractivity contribution in [2.45, 2.75) is 0 Å². The van der Waals surface area contributed by atoms with E-state index in [1.54, 1.807) is 43.1 Å². The molecule has 0 aliphatic heterocycles. The quantitative estimate of drug-likeness (QED) is 0.932.